The normalized spacial score (nSPS) is 12.0. The molecule has 2 amide bonds. The quantitative estimate of drug-likeness (QED) is 0.892. The van der Waals surface area contributed by atoms with Crippen LogP contribution in [0.2, 0.25) is 0 Å². The molecule has 1 unspecified atom stereocenters. The van der Waals surface area contributed by atoms with Crippen LogP contribution < -0.4 is 10.6 Å². The van der Waals surface area contributed by atoms with Crippen molar-refractivity contribution in [3.63, 3.8) is 0 Å². The number of rotatable bonds is 3. The zero-order valence-electron chi connectivity index (χ0n) is 11.7. The number of furan rings is 1. The Balaban J connectivity index is 1.98. The molecule has 0 bridgehead atoms. The first-order valence-corrected chi connectivity index (χ1v) is 6.35. The molecule has 0 aliphatic carbocycles. The van der Waals surface area contributed by atoms with Gasteiger partial charge in [0, 0.05) is 5.69 Å². The van der Waals surface area contributed by atoms with Crippen LogP contribution in [-0.2, 0) is 0 Å². The van der Waals surface area contributed by atoms with Gasteiger partial charge >= 0.3 is 6.03 Å². The summed E-state index contributed by atoms with van der Waals surface area (Å²) in [6.07, 6.45) is 0. The third-order valence-corrected chi connectivity index (χ3v) is 2.97. The molecule has 2 rings (SSSR count). The molecule has 106 valence electrons. The molecular weight excluding hydrogens is 259 g/mol. The van der Waals surface area contributed by atoms with Crippen LogP contribution in [0.1, 0.15) is 30.0 Å². The second-order valence-electron chi connectivity index (χ2n) is 4.73. The lowest BCUT2D eigenvalue weighted by Gasteiger charge is -2.13. The number of aryl methyl sites for hydroxylation is 2. The number of halogens is 1. The molecule has 0 fully saturated rings. The number of carbonyl (C=O) groups excluding carboxylic acids is 1. The fourth-order valence-corrected chi connectivity index (χ4v) is 1.88. The molecule has 0 spiro atoms. The molecule has 1 atom stereocenters. The molecule has 2 N–H and O–H groups in total. The molecule has 0 aliphatic heterocycles. The minimum Gasteiger partial charge on any atom is -0.464 e. The number of nitrogens with one attached hydrogen (secondary N) is 2. The fraction of sp³-hybridized carbons (Fsp3) is 0.267. The standard InChI is InChI=1S/C15H17FN2O2/c1-9-8-12(16)5-6-13(9)18-15(19)17-11(3)14-7-4-10(2)20-14/h4-8,11H,1-3H3,(H2,17,18,19). The van der Waals surface area contributed by atoms with Gasteiger partial charge in [-0.1, -0.05) is 0 Å². The van der Waals surface area contributed by atoms with Crippen molar-refractivity contribution in [1.29, 1.82) is 0 Å². The van der Waals surface area contributed by atoms with Gasteiger partial charge in [-0.05, 0) is 56.7 Å². The van der Waals surface area contributed by atoms with E-state index in [0.29, 0.717) is 17.0 Å². The summed E-state index contributed by atoms with van der Waals surface area (Å²) >= 11 is 0. The van der Waals surface area contributed by atoms with E-state index in [2.05, 4.69) is 10.6 Å². The molecule has 1 aromatic heterocycles. The predicted octanol–water partition coefficient (Wildman–Crippen LogP) is 3.92. The maximum absolute atomic E-state index is 13.0. The Hall–Kier alpha value is -2.30. The van der Waals surface area contributed by atoms with Crippen molar-refractivity contribution in [2.75, 3.05) is 5.32 Å². The average molecular weight is 276 g/mol. The summed E-state index contributed by atoms with van der Waals surface area (Å²) in [7, 11) is 0. The van der Waals surface area contributed by atoms with Gasteiger partial charge in [-0.15, -0.1) is 0 Å². The lowest BCUT2D eigenvalue weighted by molar-refractivity contribution is 0.247. The van der Waals surface area contributed by atoms with Crippen LogP contribution in [-0.4, -0.2) is 6.03 Å². The number of hydrogen-bond acceptors (Lipinski definition) is 2. The second-order valence-corrected chi connectivity index (χ2v) is 4.73. The van der Waals surface area contributed by atoms with Crippen molar-refractivity contribution in [2.45, 2.75) is 26.8 Å². The molecule has 0 saturated carbocycles. The van der Waals surface area contributed by atoms with Crippen LogP contribution in [0.3, 0.4) is 0 Å². The van der Waals surface area contributed by atoms with Crippen molar-refractivity contribution in [3.8, 4) is 0 Å². The smallest absolute Gasteiger partial charge is 0.319 e. The lowest BCUT2D eigenvalue weighted by Crippen LogP contribution is -2.31. The van der Waals surface area contributed by atoms with Crippen LogP contribution >= 0.6 is 0 Å². The van der Waals surface area contributed by atoms with Crippen LogP contribution in [0.15, 0.2) is 34.7 Å². The topological polar surface area (TPSA) is 54.3 Å². The predicted molar refractivity (Wildman–Crippen MR) is 75.2 cm³/mol. The van der Waals surface area contributed by atoms with Gasteiger partial charge in [-0.2, -0.15) is 0 Å². The maximum Gasteiger partial charge on any atom is 0.319 e. The minimum atomic E-state index is -0.360. The highest BCUT2D eigenvalue weighted by Crippen LogP contribution is 2.18. The van der Waals surface area contributed by atoms with Gasteiger partial charge in [0.1, 0.15) is 17.3 Å². The minimum absolute atomic E-state index is 0.246. The van der Waals surface area contributed by atoms with Gasteiger partial charge in [0.25, 0.3) is 0 Å². The summed E-state index contributed by atoms with van der Waals surface area (Å²) in [6.45, 7) is 5.41. The van der Waals surface area contributed by atoms with Gasteiger partial charge in [0.05, 0.1) is 6.04 Å². The van der Waals surface area contributed by atoms with Crippen molar-refractivity contribution in [2.24, 2.45) is 0 Å². The van der Waals surface area contributed by atoms with E-state index in [1.54, 1.807) is 6.92 Å². The third-order valence-electron chi connectivity index (χ3n) is 2.97. The Bertz CT molecular complexity index is 622. The lowest BCUT2D eigenvalue weighted by atomic mass is 10.2. The first-order valence-electron chi connectivity index (χ1n) is 6.35. The van der Waals surface area contributed by atoms with Crippen LogP contribution in [0.25, 0.3) is 0 Å². The highest BCUT2D eigenvalue weighted by Gasteiger charge is 2.13. The Kier molecular flexibility index (Phi) is 4.08. The van der Waals surface area contributed by atoms with Gasteiger partial charge < -0.3 is 15.1 Å². The van der Waals surface area contributed by atoms with E-state index in [1.165, 1.54) is 18.2 Å². The van der Waals surface area contributed by atoms with Crippen molar-refractivity contribution >= 4 is 11.7 Å². The first-order chi connectivity index (χ1) is 9.45. The van der Waals surface area contributed by atoms with E-state index in [1.807, 2.05) is 26.0 Å². The van der Waals surface area contributed by atoms with Gasteiger partial charge in [-0.3, -0.25) is 0 Å². The van der Waals surface area contributed by atoms with Crippen LogP contribution in [0.4, 0.5) is 14.9 Å². The first kappa shape index (κ1) is 14.1. The van der Waals surface area contributed by atoms with Crippen molar-refractivity contribution < 1.29 is 13.6 Å². The van der Waals surface area contributed by atoms with E-state index in [-0.39, 0.29) is 17.9 Å². The summed E-state index contributed by atoms with van der Waals surface area (Å²) in [5.41, 5.74) is 1.24. The highest BCUT2D eigenvalue weighted by atomic mass is 19.1. The van der Waals surface area contributed by atoms with Crippen LogP contribution in [0, 0.1) is 19.7 Å². The van der Waals surface area contributed by atoms with E-state index in [0.717, 1.165) is 5.76 Å². The maximum atomic E-state index is 13.0. The number of carbonyl (C=O) groups is 1. The average Bonchev–Trinajstić information content (AvgIpc) is 2.79. The molecule has 0 aliphatic rings. The fourth-order valence-electron chi connectivity index (χ4n) is 1.88. The summed E-state index contributed by atoms with van der Waals surface area (Å²) in [5, 5.41) is 5.45. The monoisotopic (exact) mass is 276 g/mol. The zero-order valence-corrected chi connectivity index (χ0v) is 11.7. The molecule has 20 heavy (non-hydrogen) atoms. The Morgan fingerprint density at radius 3 is 2.60 bits per heavy atom. The number of amides is 2. The van der Waals surface area contributed by atoms with E-state index < -0.39 is 0 Å². The summed E-state index contributed by atoms with van der Waals surface area (Å²) < 4.78 is 18.4. The number of urea groups is 1. The molecule has 1 heterocycles. The number of hydrogen-bond donors (Lipinski definition) is 2. The van der Waals surface area contributed by atoms with Crippen molar-refractivity contribution in [1.82, 2.24) is 5.32 Å². The summed E-state index contributed by atoms with van der Waals surface area (Å²) in [4.78, 5) is 11.9. The van der Waals surface area contributed by atoms with Gasteiger partial charge in [-0.25, -0.2) is 9.18 Å². The molecule has 5 heteroatoms. The Morgan fingerprint density at radius 1 is 1.25 bits per heavy atom. The molecular formula is C15H17FN2O2. The molecule has 2 aromatic rings. The highest BCUT2D eigenvalue weighted by molar-refractivity contribution is 5.90. The van der Waals surface area contributed by atoms with Crippen molar-refractivity contribution in [3.05, 3.63) is 53.2 Å². The van der Waals surface area contributed by atoms with Gasteiger partial charge in [0.15, 0.2) is 0 Å². The SMILES string of the molecule is Cc1ccc(C(C)NC(=O)Nc2ccc(F)cc2C)o1. The van der Waals surface area contributed by atoms with E-state index >= 15 is 0 Å². The third kappa shape index (κ3) is 3.38. The van der Waals surface area contributed by atoms with E-state index in [4.69, 9.17) is 4.42 Å². The second kappa shape index (κ2) is 5.77. The largest absolute Gasteiger partial charge is 0.464 e. The summed E-state index contributed by atoms with van der Waals surface area (Å²) in [6, 6.07) is 7.27. The molecule has 0 radical (unpaired) electrons. The number of anilines is 1. The van der Waals surface area contributed by atoms with Crippen LogP contribution in [0.5, 0.6) is 0 Å². The Labute approximate surface area is 117 Å². The summed E-state index contributed by atoms with van der Waals surface area (Å²) in [5.74, 6) is 1.16. The van der Waals surface area contributed by atoms with E-state index in [9.17, 15) is 9.18 Å². The zero-order chi connectivity index (χ0) is 14.7. The molecule has 1 aromatic carbocycles. The Morgan fingerprint density at radius 2 is 2.00 bits per heavy atom. The van der Waals surface area contributed by atoms with Gasteiger partial charge in [0.2, 0.25) is 0 Å². The molecule has 4 nitrogen and oxygen atoms in total. The number of benzene rings is 1. The molecule has 0 saturated heterocycles.